The minimum absolute atomic E-state index is 0. The van der Waals surface area contributed by atoms with Crippen LogP contribution in [0.4, 0.5) is 0 Å². The van der Waals surface area contributed by atoms with Crippen molar-refractivity contribution >= 4 is 41.3 Å². The third-order valence-corrected chi connectivity index (χ3v) is 3.64. The van der Waals surface area contributed by atoms with Crippen molar-refractivity contribution in [2.45, 2.75) is 19.9 Å². The number of nitrogens with zero attached hydrogens (tertiary/aromatic N) is 3. The van der Waals surface area contributed by atoms with Crippen LogP contribution in [0.1, 0.15) is 15.4 Å². The summed E-state index contributed by atoms with van der Waals surface area (Å²) >= 11 is 1.70. The molecule has 2 rings (SSSR count). The van der Waals surface area contributed by atoms with E-state index in [-0.39, 0.29) is 24.0 Å². The zero-order chi connectivity index (χ0) is 14.2. The average Bonchev–Trinajstić information content (AvgIpc) is 2.89. The molecule has 0 spiro atoms. The molecule has 0 bridgehead atoms. The lowest BCUT2D eigenvalue weighted by Crippen LogP contribution is -2.37. The number of aryl methyl sites for hydroxylation is 1. The zero-order valence-corrected chi connectivity index (χ0v) is 15.3. The molecule has 2 heterocycles. The first kappa shape index (κ1) is 17.8. The molecule has 0 radical (unpaired) electrons. The van der Waals surface area contributed by atoms with Crippen molar-refractivity contribution < 1.29 is 0 Å². The van der Waals surface area contributed by atoms with Crippen LogP contribution in [-0.4, -0.2) is 29.5 Å². The fourth-order valence-corrected chi connectivity index (χ4v) is 2.46. The van der Waals surface area contributed by atoms with E-state index in [1.54, 1.807) is 24.6 Å². The second-order valence-electron chi connectivity index (χ2n) is 4.33. The van der Waals surface area contributed by atoms with E-state index in [1.165, 1.54) is 10.4 Å². The first-order chi connectivity index (χ1) is 9.78. The summed E-state index contributed by atoms with van der Waals surface area (Å²) in [5.41, 5.74) is 1.21. The highest BCUT2D eigenvalue weighted by Crippen LogP contribution is 2.10. The number of halogens is 1. The molecule has 0 aromatic carbocycles. The van der Waals surface area contributed by atoms with Crippen LogP contribution in [0.3, 0.4) is 0 Å². The van der Waals surface area contributed by atoms with Gasteiger partial charge in [-0.1, -0.05) is 6.07 Å². The Kier molecular flexibility index (Phi) is 8.21. The first-order valence-electron chi connectivity index (χ1n) is 6.52. The van der Waals surface area contributed by atoms with E-state index in [4.69, 9.17) is 0 Å². The van der Waals surface area contributed by atoms with Crippen LogP contribution in [0.2, 0.25) is 0 Å². The molecule has 5 nitrogen and oxygen atoms in total. The minimum Gasteiger partial charge on any atom is -0.356 e. The van der Waals surface area contributed by atoms with Gasteiger partial charge >= 0.3 is 0 Å². The molecule has 2 N–H and O–H groups in total. The van der Waals surface area contributed by atoms with Crippen molar-refractivity contribution in [1.82, 2.24) is 20.6 Å². The maximum Gasteiger partial charge on any atom is 0.191 e. The molecule has 0 fully saturated rings. The minimum atomic E-state index is 0. The fraction of sp³-hybridized carbons (Fsp3) is 0.357. The van der Waals surface area contributed by atoms with Crippen molar-refractivity contribution in [3.63, 3.8) is 0 Å². The molecule has 0 saturated carbocycles. The number of aromatic nitrogens is 2. The van der Waals surface area contributed by atoms with Crippen LogP contribution in [0, 0.1) is 6.92 Å². The van der Waals surface area contributed by atoms with Gasteiger partial charge in [0.2, 0.25) is 0 Å². The van der Waals surface area contributed by atoms with E-state index in [1.807, 2.05) is 18.5 Å². The van der Waals surface area contributed by atoms with Crippen molar-refractivity contribution in [2.24, 2.45) is 4.99 Å². The van der Waals surface area contributed by atoms with E-state index < -0.39 is 0 Å². The number of rotatable bonds is 5. The molecule has 7 heteroatoms. The number of hydrogen-bond donors (Lipinski definition) is 2. The molecule has 0 saturated heterocycles. The normalized spacial score (nSPS) is 10.9. The lowest BCUT2D eigenvalue weighted by atomic mass is 10.2. The number of thiazole rings is 1. The monoisotopic (exact) mass is 417 g/mol. The quantitative estimate of drug-likeness (QED) is 0.446. The summed E-state index contributed by atoms with van der Waals surface area (Å²) in [5, 5.41) is 7.61. The molecular weight excluding hydrogens is 397 g/mol. The third-order valence-electron chi connectivity index (χ3n) is 2.73. The zero-order valence-electron chi connectivity index (χ0n) is 12.2. The Labute approximate surface area is 146 Å². The second kappa shape index (κ2) is 9.67. The molecule has 0 aliphatic carbocycles. The van der Waals surface area contributed by atoms with E-state index in [0.29, 0.717) is 6.54 Å². The Hall–Kier alpha value is -1.22. The number of hydrogen-bond acceptors (Lipinski definition) is 4. The molecule has 114 valence electrons. The lowest BCUT2D eigenvalue weighted by Gasteiger charge is -2.10. The number of aliphatic imine (C=N–C) groups is 1. The predicted octanol–water partition coefficient (Wildman–Crippen LogP) is 2.37. The van der Waals surface area contributed by atoms with Gasteiger partial charge in [-0.05, 0) is 25.0 Å². The van der Waals surface area contributed by atoms with Crippen molar-refractivity contribution in [3.8, 4) is 0 Å². The van der Waals surface area contributed by atoms with Gasteiger partial charge in [-0.15, -0.1) is 35.3 Å². The molecule has 0 unspecified atom stereocenters. The van der Waals surface area contributed by atoms with Crippen LogP contribution in [0.5, 0.6) is 0 Å². The Balaban J connectivity index is 0.00000220. The van der Waals surface area contributed by atoms with Crippen LogP contribution >= 0.6 is 35.3 Å². The summed E-state index contributed by atoms with van der Waals surface area (Å²) in [6.45, 7) is 3.58. The van der Waals surface area contributed by atoms with Gasteiger partial charge in [0.15, 0.2) is 5.96 Å². The van der Waals surface area contributed by atoms with Gasteiger partial charge in [-0.2, -0.15) is 0 Å². The Morgan fingerprint density at radius 2 is 2.19 bits per heavy atom. The number of guanidine groups is 1. The second-order valence-corrected chi connectivity index (χ2v) is 5.65. The van der Waals surface area contributed by atoms with Crippen LogP contribution in [0.25, 0.3) is 0 Å². The maximum absolute atomic E-state index is 4.31. The van der Waals surface area contributed by atoms with Crippen molar-refractivity contribution in [2.75, 3.05) is 13.6 Å². The molecule has 2 aromatic heterocycles. The number of nitrogens with one attached hydrogen (secondary N) is 2. The Bertz CT molecular complexity index is 556. The van der Waals surface area contributed by atoms with Crippen LogP contribution in [-0.2, 0) is 13.0 Å². The summed E-state index contributed by atoms with van der Waals surface area (Å²) in [7, 11) is 1.77. The van der Waals surface area contributed by atoms with Crippen LogP contribution in [0.15, 0.2) is 35.7 Å². The van der Waals surface area contributed by atoms with Gasteiger partial charge in [-0.3, -0.25) is 9.98 Å². The molecule has 21 heavy (non-hydrogen) atoms. The fourth-order valence-electron chi connectivity index (χ4n) is 1.73. The van der Waals surface area contributed by atoms with Crippen molar-refractivity contribution in [1.29, 1.82) is 0 Å². The Morgan fingerprint density at radius 3 is 2.81 bits per heavy atom. The topological polar surface area (TPSA) is 62.2 Å². The molecule has 0 aliphatic heterocycles. The van der Waals surface area contributed by atoms with Gasteiger partial charge < -0.3 is 10.6 Å². The molecule has 0 atom stereocenters. The highest BCUT2D eigenvalue weighted by molar-refractivity contribution is 14.0. The van der Waals surface area contributed by atoms with Gasteiger partial charge in [-0.25, -0.2) is 4.98 Å². The molecular formula is C14H20IN5S. The smallest absolute Gasteiger partial charge is 0.191 e. The number of pyridine rings is 1. The largest absolute Gasteiger partial charge is 0.356 e. The van der Waals surface area contributed by atoms with Gasteiger partial charge in [0.1, 0.15) is 5.01 Å². The van der Waals surface area contributed by atoms with Gasteiger partial charge in [0.25, 0.3) is 0 Å². The van der Waals surface area contributed by atoms with Crippen LogP contribution < -0.4 is 10.6 Å². The highest BCUT2D eigenvalue weighted by Gasteiger charge is 2.01. The summed E-state index contributed by atoms with van der Waals surface area (Å²) < 4.78 is 0. The van der Waals surface area contributed by atoms with E-state index in [2.05, 4.69) is 38.6 Å². The van der Waals surface area contributed by atoms with E-state index in [9.17, 15) is 0 Å². The van der Waals surface area contributed by atoms with E-state index >= 15 is 0 Å². The summed E-state index contributed by atoms with van der Waals surface area (Å²) in [5.74, 6) is 0.793. The molecule has 2 aromatic rings. The lowest BCUT2D eigenvalue weighted by molar-refractivity contribution is 0.790. The predicted molar refractivity (Wildman–Crippen MR) is 98.4 cm³/mol. The van der Waals surface area contributed by atoms with Gasteiger partial charge in [0.05, 0.1) is 6.54 Å². The third kappa shape index (κ3) is 6.38. The van der Waals surface area contributed by atoms with Crippen molar-refractivity contribution in [3.05, 3.63) is 46.2 Å². The SMILES string of the molecule is CN=C(NCCc1cccnc1)NCc1ncc(C)s1.I. The first-order valence-corrected chi connectivity index (χ1v) is 7.34. The maximum atomic E-state index is 4.31. The average molecular weight is 417 g/mol. The molecule has 0 aliphatic rings. The molecule has 0 amide bonds. The summed E-state index contributed by atoms with van der Waals surface area (Å²) in [4.78, 5) is 13.8. The summed E-state index contributed by atoms with van der Waals surface area (Å²) in [6, 6.07) is 4.02. The summed E-state index contributed by atoms with van der Waals surface area (Å²) in [6.07, 6.45) is 6.48. The highest BCUT2D eigenvalue weighted by atomic mass is 127. The Morgan fingerprint density at radius 1 is 1.33 bits per heavy atom. The van der Waals surface area contributed by atoms with E-state index in [0.717, 1.165) is 23.9 Å². The van der Waals surface area contributed by atoms with Gasteiger partial charge in [0, 0.05) is 37.1 Å². The standard InChI is InChI=1S/C14H19N5S.HI/c1-11-8-18-13(20-11)10-19-14(15-2)17-7-5-12-4-3-6-16-9-12;/h3-4,6,8-9H,5,7,10H2,1-2H3,(H2,15,17,19);1H.